The highest BCUT2D eigenvalue weighted by molar-refractivity contribution is 6.33. The number of rotatable bonds is 4. The number of hydrogen-bond donors (Lipinski definition) is 1. The molecule has 0 aliphatic rings. The highest BCUT2D eigenvalue weighted by Gasteiger charge is 2.11. The fourth-order valence-corrected chi connectivity index (χ4v) is 2.46. The van der Waals surface area contributed by atoms with Crippen molar-refractivity contribution in [2.75, 3.05) is 6.54 Å². The molecule has 2 aromatic rings. The van der Waals surface area contributed by atoms with Gasteiger partial charge < -0.3 is 5.32 Å². The maximum Gasteiger partial charge on any atom is 0.131 e. The Labute approximate surface area is 124 Å². The molecule has 0 aliphatic carbocycles. The molecular formula is C17H19ClFN. The lowest BCUT2D eigenvalue weighted by atomic mass is 9.99. The van der Waals surface area contributed by atoms with Crippen molar-refractivity contribution in [3.05, 3.63) is 57.9 Å². The van der Waals surface area contributed by atoms with Gasteiger partial charge in [-0.3, -0.25) is 0 Å². The van der Waals surface area contributed by atoms with E-state index in [1.165, 1.54) is 0 Å². The molecule has 2 rings (SSSR count). The van der Waals surface area contributed by atoms with Crippen LogP contribution < -0.4 is 5.32 Å². The Kier molecular flexibility index (Phi) is 4.79. The van der Waals surface area contributed by atoms with E-state index >= 15 is 0 Å². The van der Waals surface area contributed by atoms with Gasteiger partial charge in [0.05, 0.1) is 0 Å². The first-order valence-corrected chi connectivity index (χ1v) is 7.17. The molecule has 0 heterocycles. The lowest BCUT2D eigenvalue weighted by Crippen LogP contribution is -2.11. The number of hydrogen-bond acceptors (Lipinski definition) is 1. The number of benzene rings is 2. The van der Waals surface area contributed by atoms with E-state index in [9.17, 15) is 4.39 Å². The standard InChI is InChI=1S/C17H19ClFN/c1-4-20-10-13-5-6-14(17(19)9-13)15-7-11(2)12(3)8-16(15)18/h5-9,20H,4,10H2,1-3H3. The molecule has 2 aromatic carbocycles. The van der Waals surface area contributed by atoms with E-state index in [-0.39, 0.29) is 5.82 Å². The summed E-state index contributed by atoms with van der Waals surface area (Å²) in [5.74, 6) is -0.231. The van der Waals surface area contributed by atoms with E-state index in [2.05, 4.69) is 5.32 Å². The lowest BCUT2D eigenvalue weighted by Gasteiger charge is -2.11. The van der Waals surface area contributed by atoms with Crippen molar-refractivity contribution in [1.29, 1.82) is 0 Å². The average Bonchev–Trinajstić information content (AvgIpc) is 2.41. The van der Waals surface area contributed by atoms with Crippen LogP contribution in [0.1, 0.15) is 23.6 Å². The van der Waals surface area contributed by atoms with Crippen LogP contribution in [0.4, 0.5) is 4.39 Å². The topological polar surface area (TPSA) is 12.0 Å². The third-order valence-corrected chi connectivity index (χ3v) is 3.80. The molecule has 106 valence electrons. The smallest absolute Gasteiger partial charge is 0.131 e. The highest BCUT2D eigenvalue weighted by Crippen LogP contribution is 2.32. The summed E-state index contributed by atoms with van der Waals surface area (Å²) < 4.78 is 14.3. The van der Waals surface area contributed by atoms with Gasteiger partial charge >= 0.3 is 0 Å². The fraction of sp³-hybridized carbons (Fsp3) is 0.294. The zero-order valence-electron chi connectivity index (χ0n) is 12.1. The molecule has 0 saturated heterocycles. The maximum absolute atomic E-state index is 14.3. The Morgan fingerprint density at radius 2 is 1.75 bits per heavy atom. The van der Waals surface area contributed by atoms with Crippen LogP contribution in [0.2, 0.25) is 5.02 Å². The van der Waals surface area contributed by atoms with Crippen molar-refractivity contribution < 1.29 is 4.39 Å². The SMILES string of the molecule is CCNCc1ccc(-c2cc(C)c(C)cc2Cl)c(F)c1. The molecule has 1 nitrogen and oxygen atoms in total. The van der Waals surface area contributed by atoms with E-state index in [0.29, 0.717) is 17.1 Å². The predicted molar refractivity (Wildman–Crippen MR) is 83.7 cm³/mol. The third kappa shape index (κ3) is 3.20. The molecule has 0 spiro atoms. The Morgan fingerprint density at radius 1 is 1.05 bits per heavy atom. The molecule has 0 aliphatic heterocycles. The maximum atomic E-state index is 14.3. The van der Waals surface area contributed by atoms with Gasteiger partial charge in [-0.1, -0.05) is 30.7 Å². The van der Waals surface area contributed by atoms with E-state index < -0.39 is 0 Å². The van der Waals surface area contributed by atoms with Crippen molar-refractivity contribution in [2.45, 2.75) is 27.3 Å². The Hall–Kier alpha value is -1.38. The summed E-state index contributed by atoms with van der Waals surface area (Å²) in [5, 5.41) is 3.78. The fourth-order valence-electron chi connectivity index (χ4n) is 2.14. The van der Waals surface area contributed by atoms with Crippen molar-refractivity contribution in [1.82, 2.24) is 5.32 Å². The van der Waals surface area contributed by atoms with Gasteiger partial charge in [-0.05, 0) is 55.3 Å². The second-order valence-corrected chi connectivity index (χ2v) is 5.42. The zero-order chi connectivity index (χ0) is 14.7. The van der Waals surface area contributed by atoms with E-state index in [4.69, 9.17) is 11.6 Å². The summed E-state index contributed by atoms with van der Waals surface area (Å²) in [6.07, 6.45) is 0. The molecule has 1 N–H and O–H groups in total. The van der Waals surface area contributed by atoms with Gasteiger partial charge in [-0.2, -0.15) is 0 Å². The van der Waals surface area contributed by atoms with Gasteiger partial charge in [-0.15, -0.1) is 0 Å². The number of nitrogens with one attached hydrogen (secondary N) is 1. The summed E-state index contributed by atoms with van der Waals surface area (Å²) in [6.45, 7) is 7.58. The highest BCUT2D eigenvalue weighted by atomic mass is 35.5. The van der Waals surface area contributed by atoms with E-state index in [1.54, 1.807) is 12.1 Å². The van der Waals surface area contributed by atoms with Crippen molar-refractivity contribution in [3.8, 4) is 11.1 Å². The Balaban J connectivity index is 2.41. The molecule has 3 heteroatoms. The minimum atomic E-state index is -0.231. The van der Waals surface area contributed by atoms with Gasteiger partial charge in [0.15, 0.2) is 0 Å². The number of halogens is 2. The van der Waals surface area contributed by atoms with Crippen LogP contribution in [0.3, 0.4) is 0 Å². The first-order chi connectivity index (χ1) is 9.52. The van der Waals surface area contributed by atoms with Crippen LogP contribution in [0.15, 0.2) is 30.3 Å². The molecule has 0 aromatic heterocycles. The minimum absolute atomic E-state index is 0.231. The third-order valence-electron chi connectivity index (χ3n) is 3.49. The summed E-state index contributed by atoms with van der Waals surface area (Å²) in [6, 6.07) is 9.15. The molecule has 0 saturated carbocycles. The molecule has 0 bridgehead atoms. The second kappa shape index (κ2) is 6.38. The van der Waals surface area contributed by atoms with Crippen LogP contribution >= 0.6 is 11.6 Å². The van der Waals surface area contributed by atoms with Crippen LogP contribution in [0, 0.1) is 19.7 Å². The summed E-state index contributed by atoms with van der Waals surface area (Å²) in [7, 11) is 0. The molecule has 0 fully saturated rings. The number of aryl methyl sites for hydroxylation is 2. The van der Waals surface area contributed by atoms with Crippen molar-refractivity contribution >= 4 is 11.6 Å². The molecule has 0 unspecified atom stereocenters. The van der Waals surface area contributed by atoms with E-state index in [1.807, 2.05) is 39.0 Å². The molecule has 0 atom stereocenters. The Morgan fingerprint density at radius 3 is 2.40 bits per heavy atom. The normalized spacial score (nSPS) is 10.8. The predicted octanol–water partition coefficient (Wildman–Crippen LogP) is 4.87. The average molecular weight is 292 g/mol. The molecular weight excluding hydrogens is 273 g/mol. The van der Waals surface area contributed by atoms with Gasteiger partial charge in [0, 0.05) is 22.7 Å². The van der Waals surface area contributed by atoms with Gasteiger partial charge in [0.1, 0.15) is 5.82 Å². The van der Waals surface area contributed by atoms with Crippen LogP contribution in [-0.2, 0) is 6.54 Å². The molecule has 20 heavy (non-hydrogen) atoms. The largest absolute Gasteiger partial charge is 0.313 e. The van der Waals surface area contributed by atoms with E-state index in [0.717, 1.165) is 28.8 Å². The summed E-state index contributed by atoms with van der Waals surface area (Å²) in [5.41, 5.74) is 4.47. The quantitative estimate of drug-likeness (QED) is 0.847. The van der Waals surface area contributed by atoms with Crippen LogP contribution in [0.5, 0.6) is 0 Å². The lowest BCUT2D eigenvalue weighted by molar-refractivity contribution is 0.625. The van der Waals surface area contributed by atoms with Gasteiger partial charge in [0.25, 0.3) is 0 Å². The van der Waals surface area contributed by atoms with Gasteiger partial charge in [0.2, 0.25) is 0 Å². The second-order valence-electron chi connectivity index (χ2n) is 5.01. The zero-order valence-corrected chi connectivity index (χ0v) is 12.8. The van der Waals surface area contributed by atoms with Crippen LogP contribution in [-0.4, -0.2) is 6.54 Å². The molecule has 0 amide bonds. The first-order valence-electron chi connectivity index (χ1n) is 6.79. The molecule has 0 radical (unpaired) electrons. The van der Waals surface area contributed by atoms with Crippen molar-refractivity contribution in [3.63, 3.8) is 0 Å². The summed E-state index contributed by atoms with van der Waals surface area (Å²) in [4.78, 5) is 0. The van der Waals surface area contributed by atoms with Crippen molar-refractivity contribution in [2.24, 2.45) is 0 Å². The Bertz CT molecular complexity index is 623. The van der Waals surface area contributed by atoms with Crippen LogP contribution in [0.25, 0.3) is 11.1 Å². The first kappa shape index (κ1) is 15.0. The monoisotopic (exact) mass is 291 g/mol. The minimum Gasteiger partial charge on any atom is -0.313 e. The van der Waals surface area contributed by atoms with Gasteiger partial charge in [-0.25, -0.2) is 4.39 Å². The summed E-state index contributed by atoms with van der Waals surface area (Å²) >= 11 is 6.25.